The van der Waals surface area contributed by atoms with E-state index in [1.807, 2.05) is 0 Å². The Labute approximate surface area is 129 Å². The van der Waals surface area contributed by atoms with Crippen molar-refractivity contribution in [1.29, 1.82) is 0 Å². The fourth-order valence-corrected chi connectivity index (χ4v) is 2.59. The van der Waals surface area contributed by atoms with Crippen molar-refractivity contribution in [3.63, 3.8) is 0 Å². The summed E-state index contributed by atoms with van der Waals surface area (Å²) >= 11 is 6.54. The Morgan fingerprint density at radius 1 is 1.38 bits per heavy atom. The molecule has 0 aliphatic carbocycles. The van der Waals surface area contributed by atoms with Crippen LogP contribution in [0.5, 0.6) is 0 Å². The maximum absolute atomic E-state index is 12.6. The van der Waals surface area contributed by atoms with Crippen LogP contribution in [0, 0.1) is 0 Å². The van der Waals surface area contributed by atoms with Gasteiger partial charge in [0.15, 0.2) is 5.12 Å². The molecule has 0 saturated carbocycles. The van der Waals surface area contributed by atoms with E-state index < -0.39 is 29.0 Å². The minimum absolute atomic E-state index is 0.0910. The molecular formula is C13H14ClF3O3S. The lowest BCUT2D eigenvalue weighted by Crippen LogP contribution is -2.19. The zero-order valence-corrected chi connectivity index (χ0v) is 12.6. The second kappa shape index (κ2) is 7.49. The molecule has 118 valence electrons. The third-order valence-corrected chi connectivity index (χ3v) is 3.88. The maximum atomic E-state index is 12.6. The van der Waals surface area contributed by atoms with Crippen LogP contribution in [0.15, 0.2) is 18.2 Å². The largest absolute Gasteiger partial charge is 0.417 e. The van der Waals surface area contributed by atoms with Crippen LogP contribution in [-0.4, -0.2) is 27.2 Å². The molecule has 2 unspecified atom stereocenters. The number of thioether (sulfide) groups is 1. The van der Waals surface area contributed by atoms with Crippen LogP contribution >= 0.6 is 23.4 Å². The van der Waals surface area contributed by atoms with E-state index in [0.717, 1.165) is 30.0 Å². The Bertz CT molecular complexity index is 508. The fourth-order valence-electron chi connectivity index (χ4n) is 1.65. The van der Waals surface area contributed by atoms with Gasteiger partial charge in [0.25, 0.3) is 0 Å². The van der Waals surface area contributed by atoms with Gasteiger partial charge in [0.05, 0.1) is 16.7 Å². The molecule has 2 atom stereocenters. The number of hydrogen-bond acceptors (Lipinski definition) is 4. The first kappa shape index (κ1) is 18.3. The summed E-state index contributed by atoms with van der Waals surface area (Å²) in [5.41, 5.74) is -0.907. The van der Waals surface area contributed by atoms with E-state index >= 15 is 0 Å². The number of halogens is 4. The average Bonchev–Trinajstić information content (AvgIpc) is 2.35. The predicted octanol–water partition coefficient (Wildman–Crippen LogP) is 3.42. The molecule has 1 aromatic carbocycles. The molecule has 21 heavy (non-hydrogen) atoms. The normalized spacial score (nSPS) is 14.8. The van der Waals surface area contributed by atoms with Gasteiger partial charge in [-0.3, -0.25) is 4.79 Å². The number of benzene rings is 1. The van der Waals surface area contributed by atoms with Crippen LogP contribution in [0.2, 0.25) is 5.02 Å². The molecule has 0 amide bonds. The van der Waals surface area contributed by atoms with Crippen molar-refractivity contribution in [3.8, 4) is 0 Å². The lowest BCUT2D eigenvalue weighted by atomic mass is 10.0. The number of aliphatic hydroxyl groups excluding tert-OH is 2. The molecule has 0 spiro atoms. The van der Waals surface area contributed by atoms with Crippen LogP contribution in [-0.2, 0) is 11.0 Å². The third-order valence-electron chi connectivity index (χ3n) is 2.72. The minimum atomic E-state index is -4.57. The summed E-state index contributed by atoms with van der Waals surface area (Å²) in [6.45, 7) is 1.38. The number of alkyl halides is 3. The zero-order chi connectivity index (χ0) is 16.2. The standard InChI is InChI=1S/C13H14ClF3O3S/c1-7(18)21-5-4-11(19)12(20)8-2-3-9(10(14)6-8)13(15,16)17/h2-3,6,11-12,19-20H,4-5H2,1H3. The molecule has 0 aliphatic heterocycles. The van der Waals surface area contributed by atoms with Crippen molar-refractivity contribution in [2.45, 2.75) is 31.7 Å². The lowest BCUT2D eigenvalue weighted by molar-refractivity contribution is -0.137. The van der Waals surface area contributed by atoms with E-state index in [1.54, 1.807) is 0 Å². The quantitative estimate of drug-likeness (QED) is 0.861. The summed E-state index contributed by atoms with van der Waals surface area (Å²) in [6.07, 6.45) is -7.00. The van der Waals surface area contributed by atoms with Crippen molar-refractivity contribution < 1.29 is 28.2 Å². The molecule has 3 nitrogen and oxygen atoms in total. The van der Waals surface area contributed by atoms with Crippen LogP contribution in [0.1, 0.15) is 30.6 Å². The molecular weight excluding hydrogens is 329 g/mol. The minimum Gasteiger partial charge on any atom is -0.390 e. The van der Waals surface area contributed by atoms with E-state index in [0.29, 0.717) is 5.75 Å². The van der Waals surface area contributed by atoms with Crippen molar-refractivity contribution in [1.82, 2.24) is 0 Å². The van der Waals surface area contributed by atoms with E-state index in [2.05, 4.69) is 0 Å². The molecule has 0 aromatic heterocycles. The van der Waals surface area contributed by atoms with Crippen LogP contribution in [0.4, 0.5) is 13.2 Å². The SMILES string of the molecule is CC(=O)SCCC(O)C(O)c1ccc(C(F)(F)F)c(Cl)c1. The first-order valence-corrected chi connectivity index (χ1v) is 7.35. The van der Waals surface area contributed by atoms with E-state index in [1.165, 1.54) is 6.92 Å². The number of hydrogen-bond donors (Lipinski definition) is 2. The van der Waals surface area contributed by atoms with Gasteiger partial charge >= 0.3 is 6.18 Å². The first-order chi connectivity index (χ1) is 9.62. The summed E-state index contributed by atoms with van der Waals surface area (Å²) in [5, 5.41) is 19.0. The van der Waals surface area contributed by atoms with Gasteiger partial charge in [-0.1, -0.05) is 29.4 Å². The average molecular weight is 343 g/mol. The summed E-state index contributed by atoms with van der Waals surface area (Å²) in [7, 11) is 0. The molecule has 8 heteroatoms. The van der Waals surface area contributed by atoms with E-state index in [-0.39, 0.29) is 17.1 Å². The van der Waals surface area contributed by atoms with Gasteiger partial charge in [-0.15, -0.1) is 0 Å². The number of carbonyl (C=O) groups excluding carboxylic acids is 1. The lowest BCUT2D eigenvalue weighted by Gasteiger charge is -2.19. The topological polar surface area (TPSA) is 57.5 Å². The number of aliphatic hydroxyl groups is 2. The number of rotatable bonds is 5. The van der Waals surface area contributed by atoms with E-state index in [4.69, 9.17) is 11.6 Å². The molecule has 0 bridgehead atoms. The summed E-state index contributed by atoms with van der Waals surface area (Å²) in [5.74, 6) is 0.307. The van der Waals surface area contributed by atoms with Gasteiger partial charge in [0, 0.05) is 12.7 Å². The van der Waals surface area contributed by atoms with Gasteiger partial charge in [-0.25, -0.2) is 0 Å². The predicted molar refractivity (Wildman–Crippen MR) is 75.2 cm³/mol. The van der Waals surface area contributed by atoms with Gasteiger partial charge in [-0.2, -0.15) is 13.2 Å². The Morgan fingerprint density at radius 2 is 2.00 bits per heavy atom. The summed E-state index contributed by atoms with van der Waals surface area (Å²) < 4.78 is 37.7. The summed E-state index contributed by atoms with van der Waals surface area (Å²) in [4.78, 5) is 10.7. The highest BCUT2D eigenvalue weighted by Gasteiger charge is 2.33. The monoisotopic (exact) mass is 342 g/mol. The van der Waals surface area contributed by atoms with Crippen LogP contribution in [0.25, 0.3) is 0 Å². The van der Waals surface area contributed by atoms with Gasteiger partial charge < -0.3 is 10.2 Å². The van der Waals surface area contributed by atoms with Gasteiger partial charge in [0.1, 0.15) is 6.10 Å². The Balaban J connectivity index is 2.76. The van der Waals surface area contributed by atoms with Crippen molar-refractivity contribution >= 4 is 28.5 Å². The van der Waals surface area contributed by atoms with Crippen LogP contribution in [0.3, 0.4) is 0 Å². The van der Waals surface area contributed by atoms with Gasteiger partial charge in [0.2, 0.25) is 0 Å². The molecule has 0 saturated heterocycles. The molecule has 0 heterocycles. The van der Waals surface area contributed by atoms with Crippen molar-refractivity contribution in [3.05, 3.63) is 34.3 Å². The van der Waals surface area contributed by atoms with Crippen LogP contribution < -0.4 is 0 Å². The molecule has 1 aromatic rings. The van der Waals surface area contributed by atoms with E-state index in [9.17, 15) is 28.2 Å². The van der Waals surface area contributed by atoms with Gasteiger partial charge in [-0.05, 0) is 24.1 Å². The smallest absolute Gasteiger partial charge is 0.390 e. The number of carbonyl (C=O) groups is 1. The Hall–Kier alpha value is -0.760. The van der Waals surface area contributed by atoms with Crippen molar-refractivity contribution in [2.24, 2.45) is 0 Å². The Kier molecular flexibility index (Phi) is 6.52. The highest BCUT2D eigenvalue weighted by molar-refractivity contribution is 8.13. The first-order valence-electron chi connectivity index (χ1n) is 5.99. The summed E-state index contributed by atoms with van der Waals surface area (Å²) in [6, 6.07) is 2.81. The maximum Gasteiger partial charge on any atom is 0.417 e. The Morgan fingerprint density at radius 3 is 2.48 bits per heavy atom. The zero-order valence-electron chi connectivity index (χ0n) is 11.0. The highest BCUT2D eigenvalue weighted by Crippen LogP contribution is 2.36. The molecule has 0 fully saturated rings. The third kappa shape index (κ3) is 5.50. The van der Waals surface area contributed by atoms with Crippen molar-refractivity contribution in [2.75, 3.05) is 5.75 Å². The second-order valence-electron chi connectivity index (χ2n) is 4.38. The molecule has 2 N–H and O–H groups in total. The fraction of sp³-hybridized carbons (Fsp3) is 0.462. The molecule has 0 radical (unpaired) electrons. The highest BCUT2D eigenvalue weighted by atomic mass is 35.5. The molecule has 0 aliphatic rings. The second-order valence-corrected chi connectivity index (χ2v) is 6.06. The molecule has 1 rings (SSSR count).